The molecule has 5 nitrogen and oxygen atoms in total. The Morgan fingerprint density at radius 3 is 3.00 bits per heavy atom. The Kier molecular flexibility index (Phi) is 2.71. The molecule has 88 valence electrons. The molecule has 2 N–H and O–H groups in total. The molecular weight excluding hydrogens is 206 g/mol. The number of β-amino-alcohol motifs (C(OH)–C–C–N with tert-alkyl or cyclic N) is 1. The zero-order valence-electron chi connectivity index (χ0n) is 9.66. The molecule has 1 aliphatic rings. The highest BCUT2D eigenvalue weighted by molar-refractivity contribution is 5.39. The number of nitrogens with one attached hydrogen (secondary N) is 1. The van der Waals surface area contributed by atoms with E-state index in [2.05, 4.69) is 9.97 Å². The molecule has 0 amide bonds. The molecule has 0 spiro atoms. The SMILES string of the molecule is CCc1nc(N2CCC(C)(O)C2)cc(=O)[nH]1. The smallest absolute Gasteiger partial charge is 0.252 e. The van der Waals surface area contributed by atoms with Crippen molar-refractivity contribution in [2.75, 3.05) is 18.0 Å². The maximum Gasteiger partial charge on any atom is 0.252 e. The third-order valence-electron chi connectivity index (χ3n) is 2.89. The van der Waals surface area contributed by atoms with Crippen molar-refractivity contribution in [2.24, 2.45) is 0 Å². The quantitative estimate of drug-likeness (QED) is 0.756. The van der Waals surface area contributed by atoms with Crippen LogP contribution in [-0.2, 0) is 6.42 Å². The first kappa shape index (κ1) is 11.1. The molecule has 1 saturated heterocycles. The number of aromatic nitrogens is 2. The van der Waals surface area contributed by atoms with Crippen molar-refractivity contribution in [3.8, 4) is 0 Å². The molecule has 1 unspecified atom stereocenters. The Morgan fingerprint density at radius 1 is 1.69 bits per heavy atom. The third-order valence-corrected chi connectivity index (χ3v) is 2.89. The van der Waals surface area contributed by atoms with E-state index in [1.165, 1.54) is 6.07 Å². The number of anilines is 1. The van der Waals surface area contributed by atoms with E-state index in [-0.39, 0.29) is 5.56 Å². The molecule has 1 aromatic rings. The summed E-state index contributed by atoms with van der Waals surface area (Å²) < 4.78 is 0. The average molecular weight is 223 g/mol. The number of aliphatic hydroxyl groups is 1. The largest absolute Gasteiger partial charge is 0.388 e. The van der Waals surface area contributed by atoms with E-state index >= 15 is 0 Å². The molecular formula is C11H17N3O2. The Balaban J connectivity index is 2.28. The molecule has 0 aromatic carbocycles. The topological polar surface area (TPSA) is 69.2 Å². The number of nitrogens with zero attached hydrogens (tertiary/aromatic N) is 2. The lowest BCUT2D eigenvalue weighted by Gasteiger charge is -2.19. The van der Waals surface area contributed by atoms with Crippen molar-refractivity contribution in [1.82, 2.24) is 9.97 Å². The summed E-state index contributed by atoms with van der Waals surface area (Å²) >= 11 is 0. The van der Waals surface area contributed by atoms with E-state index in [1.807, 2.05) is 11.8 Å². The lowest BCUT2D eigenvalue weighted by Crippen LogP contribution is -2.31. The summed E-state index contributed by atoms with van der Waals surface area (Å²) in [7, 11) is 0. The minimum Gasteiger partial charge on any atom is -0.388 e. The Labute approximate surface area is 94.1 Å². The van der Waals surface area contributed by atoms with Gasteiger partial charge < -0.3 is 15.0 Å². The van der Waals surface area contributed by atoms with E-state index in [1.54, 1.807) is 6.92 Å². The van der Waals surface area contributed by atoms with Crippen molar-refractivity contribution < 1.29 is 5.11 Å². The fraction of sp³-hybridized carbons (Fsp3) is 0.636. The van der Waals surface area contributed by atoms with Gasteiger partial charge in [-0.15, -0.1) is 0 Å². The molecule has 2 rings (SSSR count). The number of aromatic amines is 1. The standard InChI is InChI=1S/C11H17N3O2/c1-3-8-12-9(6-10(15)13-8)14-5-4-11(2,16)7-14/h6,16H,3-5,7H2,1-2H3,(H,12,13,15). The summed E-state index contributed by atoms with van der Waals surface area (Å²) in [5, 5.41) is 9.87. The van der Waals surface area contributed by atoms with Gasteiger partial charge in [0, 0.05) is 25.6 Å². The maximum absolute atomic E-state index is 11.4. The van der Waals surface area contributed by atoms with Crippen molar-refractivity contribution in [1.29, 1.82) is 0 Å². The summed E-state index contributed by atoms with van der Waals surface area (Å²) in [6.45, 7) is 5.03. The molecule has 0 aliphatic carbocycles. The number of H-pyrrole nitrogens is 1. The average Bonchev–Trinajstić information content (AvgIpc) is 2.58. The first-order valence-electron chi connectivity index (χ1n) is 5.58. The van der Waals surface area contributed by atoms with Crippen LogP contribution in [0, 0.1) is 0 Å². The van der Waals surface area contributed by atoms with Gasteiger partial charge in [-0.25, -0.2) is 4.98 Å². The van der Waals surface area contributed by atoms with Gasteiger partial charge in [0.2, 0.25) is 0 Å². The molecule has 0 radical (unpaired) electrons. The second-order valence-electron chi connectivity index (χ2n) is 4.57. The van der Waals surface area contributed by atoms with Crippen LogP contribution in [0.15, 0.2) is 10.9 Å². The maximum atomic E-state index is 11.4. The Bertz CT molecular complexity index is 439. The lowest BCUT2D eigenvalue weighted by molar-refractivity contribution is 0.0839. The van der Waals surface area contributed by atoms with E-state index in [0.29, 0.717) is 31.0 Å². The van der Waals surface area contributed by atoms with Crippen LogP contribution in [0.5, 0.6) is 0 Å². The van der Waals surface area contributed by atoms with Gasteiger partial charge in [-0.1, -0.05) is 6.92 Å². The van der Waals surface area contributed by atoms with Crippen LogP contribution >= 0.6 is 0 Å². The summed E-state index contributed by atoms with van der Waals surface area (Å²) in [6.07, 6.45) is 1.41. The fourth-order valence-corrected chi connectivity index (χ4v) is 1.96. The van der Waals surface area contributed by atoms with Gasteiger partial charge >= 0.3 is 0 Å². The molecule has 1 fully saturated rings. The van der Waals surface area contributed by atoms with Crippen LogP contribution in [0.25, 0.3) is 0 Å². The monoisotopic (exact) mass is 223 g/mol. The normalized spacial score (nSPS) is 25.1. The van der Waals surface area contributed by atoms with Gasteiger partial charge in [-0.3, -0.25) is 4.79 Å². The zero-order valence-corrected chi connectivity index (χ0v) is 9.66. The van der Waals surface area contributed by atoms with E-state index in [4.69, 9.17) is 0 Å². The van der Waals surface area contributed by atoms with Gasteiger partial charge in [-0.2, -0.15) is 0 Å². The van der Waals surface area contributed by atoms with Crippen LogP contribution in [0.3, 0.4) is 0 Å². The highest BCUT2D eigenvalue weighted by Crippen LogP contribution is 2.24. The first-order valence-corrected chi connectivity index (χ1v) is 5.58. The van der Waals surface area contributed by atoms with Crippen molar-refractivity contribution in [3.05, 3.63) is 22.2 Å². The minimum atomic E-state index is -0.670. The number of hydrogen-bond donors (Lipinski definition) is 2. The van der Waals surface area contributed by atoms with Gasteiger partial charge in [0.1, 0.15) is 11.6 Å². The van der Waals surface area contributed by atoms with E-state index in [0.717, 1.165) is 6.54 Å². The lowest BCUT2D eigenvalue weighted by atomic mass is 10.1. The second-order valence-corrected chi connectivity index (χ2v) is 4.57. The van der Waals surface area contributed by atoms with Gasteiger partial charge in [0.05, 0.1) is 5.60 Å². The summed E-state index contributed by atoms with van der Waals surface area (Å²) in [5.74, 6) is 1.35. The minimum absolute atomic E-state index is 0.131. The van der Waals surface area contributed by atoms with E-state index < -0.39 is 5.60 Å². The second kappa shape index (κ2) is 3.90. The number of aryl methyl sites for hydroxylation is 1. The molecule has 1 atom stereocenters. The molecule has 0 saturated carbocycles. The van der Waals surface area contributed by atoms with E-state index in [9.17, 15) is 9.90 Å². The molecule has 5 heteroatoms. The number of hydrogen-bond acceptors (Lipinski definition) is 4. The van der Waals surface area contributed by atoms with Crippen molar-refractivity contribution in [2.45, 2.75) is 32.3 Å². The van der Waals surface area contributed by atoms with Gasteiger partial charge in [-0.05, 0) is 13.3 Å². The number of rotatable bonds is 2. The molecule has 1 aromatic heterocycles. The van der Waals surface area contributed by atoms with Crippen LogP contribution in [-0.4, -0.2) is 33.8 Å². The predicted octanol–water partition coefficient (Wildman–Crippen LogP) is 0.293. The summed E-state index contributed by atoms with van der Waals surface area (Å²) in [4.78, 5) is 20.4. The fourth-order valence-electron chi connectivity index (χ4n) is 1.96. The Hall–Kier alpha value is -1.36. The Morgan fingerprint density at radius 2 is 2.44 bits per heavy atom. The van der Waals surface area contributed by atoms with Crippen LogP contribution in [0.4, 0.5) is 5.82 Å². The van der Waals surface area contributed by atoms with Crippen molar-refractivity contribution >= 4 is 5.82 Å². The van der Waals surface area contributed by atoms with Crippen molar-refractivity contribution in [3.63, 3.8) is 0 Å². The first-order chi connectivity index (χ1) is 7.50. The zero-order chi connectivity index (χ0) is 11.8. The van der Waals surface area contributed by atoms with Gasteiger partial charge in [0.15, 0.2) is 0 Å². The van der Waals surface area contributed by atoms with Gasteiger partial charge in [0.25, 0.3) is 5.56 Å². The molecule has 16 heavy (non-hydrogen) atoms. The third kappa shape index (κ3) is 2.24. The van der Waals surface area contributed by atoms with Crippen LogP contribution in [0.2, 0.25) is 0 Å². The summed E-state index contributed by atoms with van der Waals surface area (Å²) in [6, 6.07) is 1.49. The molecule has 2 heterocycles. The van der Waals surface area contributed by atoms with Crippen LogP contribution < -0.4 is 10.5 Å². The molecule has 0 bridgehead atoms. The molecule has 1 aliphatic heterocycles. The summed E-state index contributed by atoms with van der Waals surface area (Å²) in [5.41, 5.74) is -0.801. The highest BCUT2D eigenvalue weighted by atomic mass is 16.3. The highest BCUT2D eigenvalue weighted by Gasteiger charge is 2.32. The van der Waals surface area contributed by atoms with Crippen LogP contribution in [0.1, 0.15) is 26.1 Å². The predicted molar refractivity (Wildman–Crippen MR) is 61.7 cm³/mol.